The average Bonchev–Trinajstić information content (AvgIpc) is 2.43. The molecule has 0 aliphatic heterocycles. The lowest BCUT2D eigenvalue weighted by Crippen LogP contribution is -2.19. The molecule has 2 aliphatic carbocycles. The fraction of sp³-hybridized carbons (Fsp3) is 0.312. The Balaban J connectivity index is 2.05. The second kappa shape index (κ2) is 5.15. The van der Waals surface area contributed by atoms with E-state index in [1.807, 2.05) is 18.2 Å². The van der Waals surface area contributed by atoms with E-state index in [4.69, 9.17) is 23.2 Å². The molecule has 1 aromatic carbocycles. The summed E-state index contributed by atoms with van der Waals surface area (Å²) in [4.78, 5) is 12.0. The maximum atomic E-state index is 12.0. The summed E-state index contributed by atoms with van der Waals surface area (Å²) in [6.45, 7) is 0. The van der Waals surface area contributed by atoms with Crippen molar-refractivity contribution < 1.29 is 4.79 Å². The first-order chi connectivity index (χ1) is 9.16. The van der Waals surface area contributed by atoms with E-state index < -0.39 is 0 Å². The number of hydrogen-bond donors (Lipinski definition) is 0. The number of ketones is 1. The molecule has 1 aromatic rings. The monoisotopic (exact) mass is 292 g/mol. The van der Waals surface area contributed by atoms with Crippen LogP contribution < -0.4 is 0 Å². The van der Waals surface area contributed by atoms with E-state index >= 15 is 0 Å². The van der Waals surface area contributed by atoms with E-state index in [9.17, 15) is 4.79 Å². The molecule has 19 heavy (non-hydrogen) atoms. The molecule has 1 nitrogen and oxygen atoms in total. The fourth-order valence-electron chi connectivity index (χ4n) is 2.97. The normalized spacial score (nSPS) is 22.6. The number of carbonyl (C=O) groups excluding carboxylic acids is 1. The van der Waals surface area contributed by atoms with Gasteiger partial charge in [0.15, 0.2) is 5.78 Å². The standard InChI is InChI=1S/C16H14Cl2O/c17-14-7-5-10(9-15(14)18)11-6-8-16(19)13-4-2-1-3-12(11)13/h1,3,5,7,9,11H,2,4,6,8H2. The summed E-state index contributed by atoms with van der Waals surface area (Å²) in [6, 6.07) is 5.78. The zero-order valence-electron chi connectivity index (χ0n) is 10.5. The first kappa shape index (κ1) is 13.0. The predicted octanol–water partition coefficient (Wildman–Crippen LogP) is 5.09. The van der Waals surface area contributed by atoms with Gasteiger partial charge in [-0.2, -0.15) is 0 Å². The van der Waals surface area contributed by atoms with Crippen molar-refractivity contribution in [2.45, 2.75) is 31.6 Å². The minimum Gasteiger partial charge on any atom is -0.295 e. The molecule has 2 aliphatic rings. The third-order valence-corrected chi connectivity index (χ3v) is 4.66. The molecule has 0 spiro atoms. The first-order valence-corrected chi connectivity index (χ1v) is 7.30. The molecule has 0 saturated carbocycles. The molecule has 1 atom stereocenters. The van der Waals surface area contributed by atoms with Gasteiger partial charge in [-0.25, -0.2) is 0 Å². The number of carbonyl (C=O) groups is 1. The van der Waals surface area contributed by atoms with Crippen LogP contribution in [0, 0.1) is 0 Å². The molecule has 1 unspecified atom stereocenters. The van der Waals surface area contributed by atoms with Gasteiger partial charge in [0.05, 0.1) is 10.0 Å². The molecule has 0 heterocycles. The van der Waals surface area contributed by atoms with Gasteiger partial charge in [-0.3, -0.25) is 4.79 Å². The second-order valence-electron chi connectivity index (χ2n) is 5.06. The molecular weight excluding hydrogens is 279 g/mol. The highest BCUT2D eigenvalue weighted by Crippen LogP contribution is 2.41. The Bertz CT molecular complexity index is 599. The molecule has 0 N–H and O–H groups in total. The van der Waals surface area contributed by atoms with Crippen molar-refractivity contribution >= 4 is 29.0 Å². The summed E-state index contributed by atoms with van der Waals surface area (Å²) in [7, 11) is 0. The van der Waals surface area contributed by atoms with Crippen molar-refractivity contribution in [2.24, 2.45) is 0 Å². The van der Waals surface area contributed by atoms with Crippen LogP contribution in [0.4, 0.5) is 0 Å². The van der Waals surface area contributed by atoms with Crippen LogP contribution in [0.1, 0.15) is 37.2 Å². The zero-order valence-corrected chi connectivity index (χ0v) is 12.0. The van der Waals surface area contributed by atoms with Crippen LogP contribution in [0.25, 0.3) is 0 Å². The lowest BCUT2D eigenvalue weighted by molar-refractivity contribution is -0.116. The Kier molecular flexibility index (Phi) is 3.51. The van der Waals surface area contributed by atoms with Gasteiger partial charge >= 0.3 is 0 Å². The van der Waals surface area contributed by atoms with Crippen molar-refractivity contribution in [3.63, 3.8) is 0 Å². The van der Waals surface area contributed by atoms with Crippen molar-refractivity contribution in [3.8, 4) is 0 Å². The Labute approximate surface area is 122 Å². The quantitative estimate of drug-likeness (QED) is 0.705. The lowest BCUT2D eigenvalue weighted by Gasteiger charge is -2.28. The van der Waals surface area contributed by atoms with E-state index in [2.05, 4.69) is 12.2 Å². The summed E-state index contributed by atoms with van der Waals surface area (Å²) < 4.78 is 0. The molecule has 0 aromatic heterocycles. The van der Waals surface area contributed by atoms with Crippen LogP contribution in [0.5, 0.6) is 0 Å². The molecule has 0 amide bonds. The summed E-state index contributed by atoms with van der Waals surface area (Å²) >= 11 is 12.1. The molecule has 3 rings (SSSR count). The maximum absolute atomic E-state index is 12.0. The van der Waals surface area contributed by atoms with E-state index in [0.717, 1.165) is 30.4 Å². The van der Waals surface area contributed by atoms with E-state index in [0.29, 0.717) is 22.2 Å². The number of hydrogen-bond acceptors (Lipinski definition) is 1. The summed E-state index contributed by atoms with van der Waals surface area (Å²) in [6.07, 6.45) is 7.61. The average molecular weight is 293 g/mol. The maximum Gasteiger partial charge on any atom is 0.159 e. The largest absolute Gasteiger partial charge is 0.295 e. The lowest BCUT2D eigenvalue weighted by atomic mass is 9.75. The predicted molar refractivity (Wildman–Crippen MR) is 78.8 cm³/mol. The highest BCUT2D eigenvalue weighted by molar-refractivity contribution is 6.42. The third-order valence-electron chi connectivity index (χ3n) is 3.92. The van der Waals surface area contributed by atoms with Gasteiger partial charge in [-0.15, -0.1) is 0 Å². The van der Waals surface area contributed by atoms with Crippen molar-refractivity contribution in [1.82, 2.24) is 0 Å². The number of Topliss-reactive ketones (excluding diaryl/α,β-unsaturated/α-hetero) is 1. The van der Waals surface area contributed by atoms with Crippen LogP contribution in [0.15, 0.2) is 41.5 Å². The number of benzene rings is 1. The molecule has 98 valence electrons. The number of rotatable bonds is 1. The van der Waals surface area contributed by atoms with Crippen LogP contribution in [0.3, 0.4) is 0 Å². The topological polar surface area (TPSA) is 17.1 Å². The summed E-state index contributed by atoms with van der Waals surface area (Å²) in [5, 5.41) is 1.16. The zero-order chi connectivity index (χ0) is 13.4. The smallest absolute Gasteiger partial charge is 0.159 e. The molecule has 0 fully saturated rings. The van der Waals surface area contributed by atoms with Crippen LogP contribution >= 0.6 is 23.2 Å². The molecule has 0 bridgehead atoms. The number of allylic oxidation sites excluding steroid dienone is 4. The van der Waals surface area contributed by atoms with Gasteiger partial charge in [-0.1, -0.05) is 41.4 Å². The molecule has 3 heteroatoms. The van der Waals surface area contributed by atoms with Gasteiger partial charge in [0, 0.05) is 12.3 Å². The Morgan fingerprint density at radius 3 is 2.74 bits per heavy atom. The molecular formula is C16H14Cl2O. The van der Waals surface area contributed by atoms with Gasteiger partial charge in [-0.05, 0) is 48.1 Å². The highest BCUT2D eigenvalue weighted by Gasteiger charge is 2.29. The summed E-state index contributed by atoms with van der Waals surface area (Å²) in [5.74, 6) is 0.592. The summed E-state index contributed by atoms with van der Waals surface area (Å²) in [5.41, 5.74) is 3.35. The van der Waals surface area contributed by atoms with Crippen molar-refractivity contribution in [2.75, 3.05) is 0 Å². The minimum atomic E-state index is 0.277. The van der Waals surface area contributed by atoms with E-state index in [1.165, 1.54) is 5.57 Å². The highest BCUT2D eigenvalue weighted by atomic mass is 35.5. The third kappa shape index (κ3) is 2.37. The number of halogens is 2. The SMILES string of the molecule is O=C1CCC(c2ccc(Cl)c(Cl)c2)C2=C1CCC=C2. The first-order valence-electron chi connectivity index (χ1n) is 6.54. The van der Waals surface area contributed by atoms with Crippen molar-refractivity contribution in [3.05, 3.63) is 57.1 Å². The molecule has 0 radical (unpaired) electrons. The second-order valence-corrected chi connectivity index (χ2v) is 5.88. The Morgan fingerprint density at radius 2 is 1.95 bits per heavy atom. The minimum absolute atomic E-state index is 0.277. The Hall–Kier alpha value is -1.05. The van der Waals surface area contributed by atoms with Gasteiger partial charge in [0.2, 0.25) is 0 Å². The van der Waals surface area contributed by atoms with E-state index in [1.54, 1.807) is 0 Å². The van der Waals surface area contributed by atoms with Crippen molar-refractivity contribution in [1.29, 1.82) is 0 Å². The van der Waals surface area contributed by atoms with Gasteiger partial charge in [0.1, 0.15) is 0 Å². The van der Waals surface area contributed by atoms with Gasteiger partial charge < -0.3 is 0 Å². The van der Waals surface area contributed by atoms with E-state index in [-0.39, 0.29) is 5.92 Å². The van der Waals surface area contributed by atoms with Crippen LogP contribution in [-0.4, -0.2) is 5.78 Å². The van der Waals surface area contributed by atoms with Gasteiger partial charge in [0.25, 0.3) is 0 Å². The fourth-order valence-corrected chi connectivity index (χ4v) is 3.27. The molecule has 0 saturated heterocycles. The Morgan fingerprint density at radius 1 is 1.11 bits per heavy atom. The van der Waals surface area contributed by atoms with Crippen LogP contribution in [0.2, 0.25) is 10.0 Å². The van der Waals surface area contributed by atoms with Crippen LogP contribution in [-0.2, 0) is 4.79 Å².